The highest BCUT2D eigenvalue weighted by molar-refractivity contribution is 5.97. The number of carbonyl (C=O) groups is 1. The summed E-state index contributed by atoms with van der Waals surface area (Å²) in [6, 6.07) is 9.55. The smallest absolute Gasteiger partial charge is 0.340 e. The van der Waals surface area contributed by atoms with Crippen LogP contribution in [0.25, 0.3) is 0 Å². The average Bonchev–Trinajstić information content (AvgIpc) is 2.49. The van der Waals surface area contributed by atoms with Crippen LogP contribution in [-0.4, -0.2) is 18.1 Å². The van der Waals surface area contributed by atoms with Crippen LogP contribution < -0.4 is 11.1 Å². The molecule has 5 nitrogen and oxygen atoms in total. The van der Waals surface area contributed by atoms with Crippen molar-refractivity contribution in [2.45, 2.75) is 19.8 Å². The van der Waals surface area contributed by atoms with Crippen LogP contribution in [0.4, 0.5) is 17.2 Å². The van der Waals surface area contributed by atoms with Crippen LogP contribution in [0.15, 0.2) is 36.5 Å². The van der Waals surface area contributed by atoms with Crippen molar-refractivity contribution in [2.24, 2.45) is 0 Å². The molecule has 0 spiro atoms. The van der Waals surface area contributed by atoms with E-state index in [0.717, 1.165) is 5.69 Å². The molecule has 0 unspecified atom stereocenters. The highest BCUT2D eigenvalue weighted by Crippen LogP contribution is 2.25. The predicted molar refractivity (Wildman–Crippen MR) is 83.8 cm³/mol. The maximum atomic E-state index is 11.6. The SMILES string of the molecule is COC(=O)c1ccnc(Nc2ccc(C(C)C)cc2)c1N. The zero-order valence-electron chi connectivity index (χ0n) is 12.4. The van der Waals surface area contributed by atoms with E-state index in [2.05, 4.69) is 28.9 Å². The summed E-state index contributed by atoms with van der Waals surface area (Å²) in [7, 11) is 1.32. The van der Waals surface area contributed by atoms with Crippen LogP contribution in [0.2, 0.25) is 0 Å². The molecule has 110 valence electrons. The van der Waals surface area contributed by atoms with E-state index in [1.807, 2.05) is 24.3 Å². The summed E-state index contributed by atoms with van der Waals surface area (Å²) in [5, 5.41) is 3.11. The maximum absolute atomic E-state index is 11.6. The van der Waals surface area contributed by atoms with Gasteiger partial charge in [0.2, 0.25) is 0 Å². The van der Waals surface area contributed by atoms with Gasteiger partial charge in [-0.3, -0.25) is 0 Å². The fourth-order valence-corrected chi connectivity index (χ4v) is 1.95. The Morgan fingerprint density at radius 3 is 2.48 bits per heavy atom. The Morgan fingerprint density at radius 1 is 1.24 bits per heavy atom. The molecule has 3 N–H and O–H groups in total. The quantitative estimate of drug-likeness (QED) is 0.843. The molecule has 1 aromatic carbocycles. The van der Waals surface area contributed by atoms with Crippen molar-refractivity contribution in [1.82, 2.24) is 4.98 Å². The van der Waals surface area contributed by atoms with Crippen LogP contribution in [0.1, 0.15) is 35.7 Å². The van der Waals surface area contributed by atoms with Gasteiger partial charge in [0.15, 0.2) is 5.82 Å². The fourth-order valence-electron chi connectivity index (χ4n) is 1.95. The number of anilines is 3. The number of aromatic nitrogens is 1. The molecule has 0 radical (unpaired) electrons. The van der Waals surface area contributed by atoms with Crippen LogP contribution in [-0.2, 0) is 4.74 Å². The Balaban J connectivity index is 2.25. The standard InChI is InChI=1S/C16H19N3O2/c1-10(2)11-4-6-12(7-5-11)19-15-14(17)13(8-9-18-15)16(20)21-3/h4-10H,17H2,1-3H3,(H,18,19). The van der Waals surface area contributed by atoms with Crippen LogP contribution in [0, 0.1) is 0 Å². The molecule has 0 fully saturated rings. The van der Waals surface area contributed by atoms with Crippen molar-refractivity contribution >= 4 is 23.2 Å². The highest BCUT2D eigenvalue weighted by atomic mass is 16.5. The largest absolute Gasteiger partial charge is 0.465 e. The van der Waals surface area contributed by atoms with Gasteiger partial charge >= 0.3 is 5.97 Å². The third-order valence-electron chi connectivity index (χ3n) is 3.24. The van der Waals surface area contributed by atoms with Crippen molar-refractivity contribution in [3.63, 3.8) is 0 Å². The zero-order chi connectivity index (χ0) is 15.4. The van der Waals surface area contributed by atoms with Crippen LogP contribution >= 0.6 is 0 Å². The number of nitrogen functional groups attached to an aromatic ring is 1. The topological polar surface area (TPSA) is 77.2 Å². The molecule has 2 aromatic rings. The van der Waals surface area contributed by atoms with E-state index in [1.54, 1.807) is 0 Å². The molecule has 21 heavy (non-hydrogen) atoms. The monoisotopic (exact) mass is 285 g/mol. The first kappa shape index (κ1) is 14.8. The number of hydrogen-bond acceptors (Lipinski definition) is 5. The molecule has 0 bridgehead atoms. The number of carbonyl (C=O) groups excluding carboxylic acids is 1. The summed E-state index contributed by atoms with van der Waals surface area (Å²) in [5.41, 5.74) is 8.65. The Kier molecular flexibility index (Phi) is 4.42. The van der Waals surface area contributed by atoms with Gasteiger partial charge in [-0.15, -0.1) is 0 Å². The molecular weight excluding hydrogens is 266 g/mol. The molecular formula is C16H19N3O2. The lowest BCUT2D eigenvalue weighted by molar-refractivity contribution is 0.0602. The molecule has 0 amide bonds. The molecule has 1 heterocycles. The minimum Gasteiger partial charge on any atom is -0.465 e. The molecule has 5 heteroatoms. The Hall–Kier alpha value is -2.56. The summed E-state index contributed by atoms with van der Waals surface area (Å²) in [6.45, 7) is 4.28. The van der Waals surface area contributed by atoms with E-state index in [4.69, 9.17) is 5.73 Å². The fraction of sp³-hybridized carbons (Fsp3) is 0.250. The van der Waals surface area contributed by atoms with Gasteiger partial charge in [-0.2, -0.15) is 0 Å². The van der Waals surface area contributed by atoms with E-state index in [1.165, 1.54) is 24.9 Å². The first-order valence-electron chi connectivity index (χ1n) is 6.72. The van der Waals surface area contributed by atoms with Gasteiger partial charge in [0.05, 0.1) is 18.4 Å². The number of nitrogens with one attached hydrogen (secondary N) is 1. The van der Waals surface area contributed by atoms with Gasteiger partial charge in [0, 0.05) is 11.9 Å². The number of nitrogens with two attached hydrogens (primary N) is 1. The van der Waals surface area contributed by atoms with E-state index >= 15 is 0 Å². The summed E-state index contributed by atoms with van der Waals surface area (Å²) >= 11 is 0. The van der Waals surface area contributed by atoms with Crippen LogP contribution in [0.3, 0.4) is 0 Å². The van der Waals surface area contributed by atoms with Gasteiger partial charge in [0.25, 0.3) is 0 Å². The van der Waals surface area contributed by atoms with Crippen molar-refractivity contribution < 1.29 is 9.53 Å². The van der Waals surface area contributed by atoms with Gasteiger partial charge in [0.1, 0.15) is 0 Å². The number of methoxy groups -OCH3 is 1. The number of rotatable bonds is 4. The van der Waals surface area contributed by atoms with E-state index in [0.29, 0.717) is 17.3 Å². The van der Waals surface area contributed by atoms with E-state index in [-0.39, 0.29) is 5.69 Å². The van der Waals surface area contributed by atoms with Gasteiger partial charge < -0.3 is 15.8 Å². The summed E-state index contributed by atoms with van der Waals surface area (Å²) in [4.78, 5) is 15.8. The number of nitrogens with zero attached hydrogens (tertiary/aromatic N) is 1. The lowest BCUT2D eigenvalue weighted by Crippen LogP contribution is -2.09. The summed E-state index contributed by atoms with van der Waals surface area (Å²) < 4.78 is 4.69. The van der Waals surface area contributed by atoms with Crippen molar-refractivity contribution in [3.8, 4) is 0 Å². The lowest BCUT2D eigenvalue weighted by atomic mass is 10.0. The van der Waals surface area contributed by atoms with Gasteiger partial charge in [-0.1, -0.05) is 26.0 Å². The number of esters is 1. The normalized spacial score (nSPS) is 10.5. The number of benzene rings is 1. The molecule has 1 aromatic heterocycles. The van der Waals surface area contributed by atoms with Gasteiger partial charge in [-0.05, 0) is 29.7 Å². The summed E-state index contributed by atoms with van der Waals surface area (Å²) in [6.07, 6.45) is 1.52. The van der Waals surface area contributed by atoms with Crippen molar-refractivity contribution in [2.75, 3.05) is 18.2 Å². The molecule has 0 atom stereocenters. The molecule has 0 saturated heterocycles. The highest BCUT2D eigenvalue weighted by Gasteiger charge is 2.13. The molecule has 0 aliphatic heterocycles. The molecule has 2 rings (SSSR count). The molecule has 0 saturated carbocycles. The number of hydrogen-bond donors (Lipinski definition) is 2. The maximum Gasteiger partial charge on any atom is 0.340 e. The average molecular weight is 285 g/mol. The van der Waals surface area contributed by atoms with E-state index < -0.39 is 5.97 Å². The van der Waals surface area contributed by atoms with Crippen molar-refractivity contribution in [1.29, 1.82) is 0 Å². The summed E-state index contributed by atoms with van der Waals surface area (Å²) in [5.74, 6) is 0.438. The zero-order valence-corrected chi connectivity index (χ0v) is 12.4. The number of pyridine rings is 1. The van der Waals surface area contributed by atoms with E-state index in [9.17, 15) is 4.79 Å². The lowest BCUT2D eigenvalue weighted by Gasteiger charge is -2.12. The minimum absolute atomic E-state index is 0.275. The second kappa shape index (κ2) is 6.26. The third kappa shape index (κ3) is 3.31. The second-order valence-corrected chi connectivity index (χ2v) is 5.01. The minimum atomic E-state index is -0.479. The Bertz CT molecular complexity index is 636. The molecule has 0 aliphatic carbocycles. The third-order valence-corrected chi connectivity index (χ3v) is 3.24. The number of ether oxygens (including phenoxy) is 1. The van der Waals surface area contributed by atoms with Crippen molar-refractivity contribution in [3.05, 3.63) is 47.7 Å². The first-order valence-corrected chi connectivity index (χ1v) is 6.72. The second-order valence-electron chi connectivity index (χ2n) is 5.01. The predicted octanol–water partition coefficient (Wildman–Crippen LogP) is 3.32. The van der Waals surface area contributed by atoms with Gasteiger partial charge in [-0.25, -0.2) is 9.78 Å². The molecule has 0 aliphatic rings. The Labute approximate surface area is 124 Å². The Morgan fingerprint density at radius 2 is 1.90 bits per heavy atom. The first-order chi connectivity index (χ1) is 10.0. The van der Waals surface area contributed by atoms with Crippen LogP contribution in [0.5, 0.6) is 0 Å².